The largest absolute Gasteiger partial charge is 0.345 e. The summed E-state index contributed by atoms with van der Waals surface area (Å²) in [6.45, 7) is 1.90. The van der Waals surface area contributed by atoms with Gasteiger partial charge in [0.15, 0.2) is 11.5 Å². The lowest BCUT2D eigenvalue weighted by Gasteiger charge is -2.19. The van der Waals surface area contributed by atoms with Crippen LogP contribution in [0.5, 0.6) is 0 Å². The summed E-state index contributed by atoms with van der Waals surface area (Å²) in [5.41, 5.74) is 0.777. The monoisotopic (exact) mass is 420 g/mol. The average Bonchev–Trinajstić information content (AvgIpc) is 3.10. The number of rotatable bonds is 8. The molecule has 2 heterocycles. The van der Waals surface area contributed by atoms with Crippen molar-refractivity contribution in [1.29, 1.82) is 0 Å². The third kappa shape index (κ3) is 5.18. The van der Waals surface area contributed by atoms with E-state index in [9.17, 15) is 4.79 Å². The molecule has 2 unspecified atom stereocenters. The van der Waals surface area contributed by atoms with Crippen molar-refractivity contribution in [2.45, 2.75) is 29.5 Å². The molecule has 0 saturated carbocycles. The molecule has 0 aliphatic rings. The number of hydrogen-bond acceptors (Lipinski definition) is 5. The number of aromatic nitrogens is 3. The zero-order chi connectivity index (χ0) is 19.2. The van der Waals surface area contributed by atoms with Crippen LogP contribution in [0.1, 0.15) is 25.2 Å². The minimum Gasteiger partial charge on any atom is -0.345 e. The minimum absolute atomic E-state index is 0.0197. The van der Waals surface area contributed by atoms with Gasteiger partial charge in [0.25, 0.3) is 0 Å². The van der Waals surface area contributed by atoms with E-state index in [2.05, 4.69) is 21.8 Å². The lowest BCUT2D eigenvalue weighted by molar-refractivity contribution is -0.121. The van der Waals surface area contributed by atoms with E-state index in [0.29, 0.717) is 5.02 Å². The van der Waals surface area contributed by atoms with Gasteiger partial charge in [-0.2, -0.15) is 11.8 Å². The highest BCUT2D eigenvalue weighted by Crippen LogP contribution is 2.26. The molecule has 0 aliphatic heterocycles. The fourth-order valence-corrected chi connectivity index (χ4v) is 4.13. The zero-order valence-electron chi connectivity index (χ0n) is 15.1. The first-order valence-corrected chi connectivity index (χ1v) is 11.2. The summed E-state index contributed by atoms with van der Waals surface area (Å²) >= 11 is 9.18. The van der Waals surface area contributed by atoms with Crippen LogP contribution in [0.4, 0.5) is 0 Å². The Hall–Kier alpha value is -1.70. The Labute approximate surface area is 172 Å². The van der Waals surface area contributed by atoms with Gasteiger partial charge in [-0.25, -0.2) is 0 Å². The molecule has 27 heavy (non-hydrogen) atoms. The van der Waals surface area contributed by atoms with Crippen LogP contribution in [0, 0.1) is 0 Å². The van der Waals surface area contributed by atoms with Gasteiger partial charge in [0.05, 0.1) is 11.3 Å². The van der Waals surface area contributed by atoms with E-state index < -0.39 is 0 Å². The molecular weight excluding hydrogens is 400 g/mol. The van der Waals surface area contributed by atoms with Gasteiger partial charge >= 0.3 is 0 Å². The molecule has 3 aromatic rings. The number of halogens is 1. The van der Waals surface area contributed by atoms with Gasteiger partial charge in [-0.3, -0.25) is 9.20 Å². The molecule has 1 N–H and O–H groups in total. The number of carbonyl (C=O) groups excluding carboxylic acids is 1. The molecular formula is C19H21ClN4OS2. The first kappa shape index (κ1) is 20.0. The predicted molar refractivity (Wildman–Crippen MR) is 114 cm³/mol. The molecule has 3 rings (SSSR count). The van der Waals surface area contributed by atoms with E-state index in [1.54, 1.807) is 11.8 Å². The molecule has 8 heteroatoms. The normalized spacial score (nSPS) is 13.4. The van der Waals surface area contributed by atoms with E-state index in [1.165, 1.54) is 11.8 Å². The van der Waals surface area contributed by atoms with E-state index in [-0.39, 0.29) is 17.2 Å². The van der Waals surface area contributed by atoms with E-state index in [1.807, 2.05) is 60.0 Å². The van der Waals surface area contributed by atoms with Crippen molar-refractivity contribution in [3.8, 4) is 0 Å². The van der Waals surface area contributed by atoms with Crippen LogP contribution in [0.2, 0.25) is 5.02 Å². The number of pyridine rings is 1. The average molecular weight is 421 g/mol. The highest BCUT2D eigenvalue weighted by molar-refractivity contribution is 8.00. The van der Waals surface area contributed by atoms with Crippen molar-refractivity contribution in [1.82, 2.24) is 19.9 Å². The molecule has 1 amide bonds. The molecule has 2 atom stereocenters. The maximum absolute atomic E-state index is 12.8. The van der Waals surface area contributed by atoms with Gasteiger partial charge in [0.2, 0.25) is 5.91 Å². The lowest BCUT2D eigenvalue weighted by atomic mass is 10.2. The van der Waals surface area contributed by atoms with Gasteiger partial charge < -0.3 is 5.32 Å². The smallest absolute Gasteiger partial charge is 0.233 e. The highest BCUT2D eigenvalue weighted by atomic mass is 35.5. The summed E-state index contributed by atoms with van der Waals surface area (Å²) in [5.74, 6) is 1.66. The van der Waals surface area contributed by atoms with Crippen LogP contribution in [-0.4, -0.2) is 37.8 Å². The predicted octanol–water partition coefficient (Wildman–Crippen LogP) is 4.47. The Morgan fingerprint density at radius 1 is 1.22 bits per heavy atom. The summed E-state index contributed by atoms with van der Waals surface area (Å²) in [6.07, 6.45) is 4.77. The van der Waals surface area contributed by atoms with Crippen molar-refractivity contribution in [2.24, 2.45) is 0 Å². The number of benzene rings is 1. The Morgan fingerprint density at radius 3 is 2.74 bits per heavy atom. The maximum Gasteiger partial charge on any atom is 0.233 e. The summed E-state index contributed by atoms with van der Waals surface area (Å²) in [6, 6.07) is 13.1. The van der Waals surface area contributed by atoms with Crippen LogP contribution < -0.4 is 5.32 Å². The standard InChI is InChI=1S/C19H21ClN4OS2/c1-13(27-15-8-6-14(20)7-9-15)19(25)21-16(10-12-26-2)18-23-22-17-5-3-4-11-24(17)18/h3-9,11,13,16H,10,12H2,1-2H3,(H,21,25). The van der Waals surface area contributed by atoms with Crippen molar-refractivity contribution in [3.63, 3.8) is 0 Å². The molecule has 1 aromatic carbocycles. The van der Waals surface area contributed by atoms with Crippen LogP contribution in [-0.2, 0) is 4.79 Å². The fourth-order valence-electron chi connectivity index (χ4n) is 2.66. The number of nitrogens with zero attached hydrogens (tertiary/aromatic N) is 3. The van der Waals surface area contributed by atoms with Gasteiger partial charge in [0.1, 0.15) is 0 Å². The first-order valence-electron chi connectivity index (χ1n) is 8.59. The number of fused-ring (bicyclic) bond motifs is 1. The number of thioether (sulfide) groups is 2. The second kappa shape index (κ2) is 9.48. The number of nitrogens with one attached hydrogen (secondary N) is 1. The van der Waals surface area contributed by atoms with Gasteiger partial charge in [-0.05, 0) is 61.8 Å². The quantitative estimate of drug-likeness (QED) is 0.544. The third-order valence-corrected chi connectivity index (χ3v) is 6.08. The number of amides is 1. The van der Waals surface area contributed by atoms with Crippen molar-refractivity contribution in [2.75, 3.05) is 12.0 Å². The van der Waals surface area contributed by atoms with Crippen LogP contribution in [0.3, 0.4) is 0 Å². The van der Waals surface area contributed by atoms with Crippen molar-refractivity contribution < 1.29 is 4.79 Å². The van der Waals surface area contributed by atoms with E-state index in [4.69, 9.17) is 11.6 Å². The molecule has 2 aromatic heterocycles. The van der Waals surface area contributed by atoms with Gasteiger partial charge in [-0.1, -0.05) is 17.7 Å². The Morgan fingerprint density at radius 2 is 2.00 bits per heavy atom. The molecule has 0 spiro atoms. The minimum atomic E-state index is -0.234. The summed E-state index contributed by atoms with van der Waals surface area (Å²) in [4.78, 5) is 13.8. The summed E-state index contributed by atoms with van der Waals surface area (Å²) in [7, 11) is 0. The topological polar surface area (TPSA) is 59.3 Å². The van der Waals surface area contributed by atoms with Crippen LogP contribution >= 0.6 is 35.1 Å². The molecule has 5 nitrogen and oxygen atoms in total. The van der Waals surface area contributed by atoms with E-state index >= 15 is 0 Å². The Balaban J connectivity index is 1.73. The Bertz CT molecular complexity index is 900. The Kier molecular flexibility index (Phi) is 7.04. The van der Waals surface area contributed by atoms with Gasteiger partial charge in [-0.15, -0.1) is 22.0 Å². The zero-order valence-corrected chi connectivity index (χ0v) is 17.5. The second-order valence-electron chi connectivity index (χ2n) is 6.04. The molecule has 0 fully saturated rings. The van der Waals surface area contributed by atoms with Crippen molar-refractivity contribution in [3.05, 3.63) is 59.5 Å². The fraction of sp³-hybridized carbons (Fsp3) is 0.316. The maximum atomic E-state index is 12.8. The highest BCUT2D eigenvalue weighted by Gasteiger charge is 2.23. The third-order valence-electron chi connectivity index (χ3n) is 4.07. The van der Waals surface area contributed by atoms with Crippen LogP contribution in [0.15, 0.2) is 53.6 Å². The lowest BCUT2D eigenvalue weighted by Crippen LogP contribution is -2.35. The molecule has 142 valence electrons. The summed E-state index contributed by atoms with van der Waals surface area (Å²) < 4.78 is 1.93. The molecule has 0 radical (unpaired) electrons. The van der Waals surface area contributed by atoms with E-state index in [0.717, 1.165) is 28.5 Å². The second-order valence-corrected chi connectivity index (χ2v) is 8.88. The summed E-state index contributed by atoms with van der Waals surface area (Å²) in [5, 5.41) is 12.1. The van der Waals surface area contributed by atoms with Crippen LogP contribution in [0.25, 0.3) is 5.65 Å². The molecule has 0 aliphatic carbocycles. The number of carbonyl (C=O) groups is 1. The van der Waals surface area contributed by atoms with Crippen molar-refractivity contribution >= 4 is 46.7 Å². The number of hydrogen-bond donors (Lipinski definition) is 1. The molecule has 0 saturated heterocycles. The van der Waals surface area contributed by atoms with Gasteiger partial charge in [0, 0.05) is 16.1 Å². The first-order chi connectivity index (χ1) is 13.1. The molecule has 0 bridgehead atoms. The SMILES string of the molecule is CSCCC(NC(=O)C(C)Sc1ccc(Cl)cc1)c1nnc2ccccn12.